The molecule has 3 rings (SSSR count). The largest absolute Gasteiger partial charge is 0.330 e. The van der Waals surface area contributed by atoms with Crippen molar-refractivity contribution in [1.29, 1.82) is 0 Å². The van der Waals surface area contributed by atoms with Crippen molar-refractivity contribution in [1.82, 2.24) is 0 Å². The quantitative estimate of drug-likeness (QED) is 0.771. The fourth-order valence-electron chi connectivity index (χ4n) is 2.87. The Morgan fingerprint density at radius 2 is 1.95 bits per heavy atom. The molecule has 3 heteroatoms. The van der Waals surface area contributed by atoms with E-state index in [9.17, 15) is 4.79 Å². The number of nitrogens with one attached hydrogen (secondary N) is 1. The lowest BCUT2D eigenvalue weighted by Gasteiger charge is -2.12. The maximum atomic E-state index is 12.1. The monoisotopic (exact) mass is 280 g/mol. The Morgan fingerprint density at radius 3 is 2.76 bits per heavy atom. The predicted octanol–water partition coefficient (Wildman–Crippen LogP) is 3.18. The molecule has 0 saturated carbocycles. The molecule has 0 bridgehead atoms. The molecule has 2 aromatic rings. The zero-order chi connectivity index (χ0) is 14.8. The summed E-state index contributed by atoms with van der Waals surface area (Å²) in [7, 11) is 0. The maximum absolute atomic E-state index is 12.1. The molecule has 3 N–H and O–H groups in total. The van der Waals surface area contributed by atoms with Crippen molar-refractivity contribution in [2.75, 3.05) is 11.9 Å². The number of fused-ring (bicyclic) bond motifs is 3. The Kier molecular flexibility index (Phi) is 3.76. The molecule has 1 aliphatic carbocycles. The fraction of sp³-hybridized carbons (Fsp3) is 0.278. The molecule has 0 heterocycles. The van der Waals surface area contributed by atoms with Crippen LogP contribution in [0, 0.1) is 5.92 Å². The van der Waals surface area contributed by atoms with Crippen molar-refractivity contribution < 1.29 is 4.79 Å². The first-order valence-electron chi connectivity index (χ1n) is 7.41. The van der Waals surface area contributed by atoms with Gasteiger partial charge < -0.3 is 11.1 Å². The third-order valence-corrected chi connectivity index (χ3v) is 4.11. The summed E-state index contributed by atoms with van der Waals surface area (Å²) in [5.74, 6) is -0.0173. The fourth-order valence-corrected chi connectivity index (χ4v) is 2.87. The van der Waals surface area contributed by atoms with Crippen LogP contribution in [0.2, 0.25) is 0 Å². The number of carbonyl (C=O) groups excluding carboxylic acids is 1. The van der Waals surface area contributed by atoms with Crippen LogP contribution >= 0.6 is 0 Å². The lowest BCUT2D eigenvalue weighted by Crippen LogP contribution is -2.22. The van der Waals surface area contributed by atoms with Gasteiger partial charge in [-0.25, -0.2) is 0 Å². The number of anilines is 1. The summed E-state index contributed by atoms with van der Waals surface area (Å²) in [6, 6.07) is 14.6. The van der Waals surface area contributed by atoms with Gasteiger partial charge in [0.05, 0.1) is 0 Å². The summed E-state index contributed by atoms with van der Waals surface area (Å²) in [6.45, 7) is 2.44. The van der Waals surface area contributed by atoms with Crippen LogP contribution in [-0.2, 0) is 11.2 Å². The molecule has 108 valence electrons. The van der Waals surface area contributed by atoms with E-state index in [1.54, 1.807) is 0 Å². The van der Waals surface area contributed by atoms with Gasteiger partial charge in [0.2, 0.25) is 5.91 Å². The van der Waals surface area contributed by atoms with Crippen LogP contribution < -0.4 is 11.1 Å². The van der Waals surface area contributed by atoms with E-state index in [4.69, 9.17) is 5.73 Å². The zero-order valence-electron chi connectivity index (χ0n) is 12.2. The highest BCUT2D eigenvalue weighted by Gasteiger charge is 2.19. The van der Waals surface area contributed by atoms with Crippen molar-refractivity contribution >= 4 is 11.6 Å². The first-order valence-corrected chi connectivity index (χ1v) is 7.41. The minimum Gasteiger partial charge on any atom is -0.330 e. The molecule has 0 aromatic heterocycles. The third-order valence-electron chi connectivity index (χ3n) is 4.11. The lowest BCUT2D eigenvalue weighted by atomic mass is 10.0. The van der Waals surface area contributed by atoms with Crippen molar-refractivity contribution in [2.24, 2.45) is 11.7 Å². The van der Waals surface area contributed by atoms with Gasteiger partial charge >= 0.3 is 0 Å². The van der Waals surface area contributed by atoms with Crippen LogP contribution in [0.15, 0.2) is 42.5 Å². The highest BCUT2D eigenvalue weighted by atomic mass is 16.1. The van der Waals surface area contributed by atoms with Crippen LogP contribution in [0.4, 0.5) is 5.69 Å². The van der Waals surface area contributed by atoms with E-state index in [1.165, 1.54) is 22.3 Å². The molecule has 0 spiro atoms. The van der Waals surface area contributed by atoms with Gasteiger partial charge in [-0.3, -0.25) is 4.79 Å². The molecule has 0 fully saturated rings. The molecule has 21 heavy (non-hydrogen) atoms. The number of carbonyl (C=O) groups is 1. The normalized spacial score (nSPS) is 13.4. The van der Waals surface area contributed by atoms with Crippen LogP contribution in [-0.4, -0.2) is 12.5 Å². The number of hydrogen-bond acceptors (Lipinski definition) is 2. The minimum absolute atomic E-state index is 0.0379. The summed E-state index contributed by atoms with van der Waals surface area (Å²) in [5, 5.41) is 2.99. The molecular weight excluding hydrogens is 260 g/mol. The topological polar surface area (TPSA) is 55.1 Å². The van der Waals surface area contributed by atoms with Crippen LogP contribution in [0.1, 0.15) is 24.5 Å². The first kappa shape index (κ1) is 13.8. The van der Waals surface area contributed by atoms with Gasteiger partial charge in [0.1, 0.15) is 0 Å². The molecule has 1 atom stereocenters. The minimum atomic E-state index is -0.0551. The van der Waals surface area contributed by atoms with Gasteiger partial charge in [-0.15, -0.1) is 0 Å². The van der Waals surface area contributed by atoms with Gasteiger partial charge in [0.25, 0.3) is 0 Å². The highest BCUT2D eigenvalue weighted by molar-refractivity contribution is 5.93. The van der Waals surface area contributed by atoms with Crippen molar-refractivity contribution in [3.05, 3.63) is 53.6 Å². The van der Waals surface area contributed by atoms with Gasteiger partial charge in [0, 0.05) is 11.6 Å². The number of rotatable bonds is 4. The second kappa shape index (κ2) is 5.70. The number of hydrogen-bond donors (Lipinski definition) is 2. The van der Waals surface area contributed by atoms with E-state index >= 15 is 0 Å². The maximum Gasteiger partial charge on any atom is 0.227 e. The van der Waals surface area contributed by atoms with Crippen molar-refractivity contribution in [2.45, 2.75) is 19.8 Å². The van der Waals surface area contributed by atoms with Crippen molar-refractivity contribution in [3.63, 3.8) is 0 Å². The molecule has 0 aliphatic heterocycles. The number of amides is 1. The molecular formula is C18H20N2O. The summed E-state index contributed by atoms with van der Waals surface area (Å²) >= 11 is 0. The summed E-state index contributed by atoms with van der Waals surface area (Å²) in [4.78, 5) is 12.1. The molecule has 3 nitrogen and oxygen atoms in total. The van der Waals surface area contributed by atoms with E-state index in [0.717, 1.165) is 12.1 Å². The van der Waals surface area contributed by atoms with E-state index in [1.807, 2.05) is 13.0 Å². The van der Waals surface area contributed by atoms with Crippen LogP contribution in [0.25, 0.3) is 11.1 Å². The smallest absolute Gasteiger partial charge is 0.227 e. The average molecular weight is 280 g/mol. The molecule has 1 aliphatic rings. The number of benzene rings is 2. The lowest BCUT2D eigenvalue weighted by molar-refractivity contribution is -0.119. The summed E-state index contributed by atoms with van der Waals surface area (Å²) in [6.07, 6.45) is 1.65. The Bertz CT molecular complexity index is 679. The summed E-state index contributed by atoms with van der Waals surface area (Å²) < 4.78 is 0. The van der Waals surface area contributed by atoms with E-state index in [2.05, 4.69) is 41.7 Å². The van der Waals surface area contributed by atoms with Crippen LogP contribution in [0.3, 0.4) is 0 Å². The van der Waals surface area contributed by atoms with E-state index < -0.39 is 0 Å². The van der Waals surface area contributed by atoms with E-state index in [-0.39, 0.29) is 11.8 Å². The third kappa shape index (κ3) is 2.69. The molecule has 0 radical (unpaired) electrons. The second-order valence-electron chi connectivity index (χ2n) is 5.67. The van der Waals surface area contributed by atoms with Gasteiger partial charge in [-0.05, 0) is 53.8 Å². The predicted molar refractivity (Wildman–Crippen MR) is 86.1 cm³/mol. The number of nitrogens with two attached hydrogens (primary N) is 1. The van der Waals surface area contributed by atoms with Crippen LogP contribution in [0.5, 0.6) is 0 Å². The Labute approximate surface area is 125 Å². The Balaban J connectivity index is 1.80. The van der Waals surface area contributed by atoms with Gasteiger partial charge in [-0.2, -0.15) is 0 Å². The standard InChI is InChI=1S/C18H20N2O/c1-12(8-9-19)18(21)20-15-6-7-17-14(11-15)10-13-4-2-3-5-16(13)17/h2-7,11-12H,8-10,19H2,1H3,(H,20,21). The molecule has 2 aromatic carbocycles. The van der Waals surface area contributed by atoms with Gasteiger partial charge in [0.15, 0.2) is 0 Å². The first-order chi connectivity index (χ1) is 10.2. The second-order valence-corrected chi connectivity index (χ2v) is 5.67. The average Bonchev–Trinajstić information content (AvgIpc) is 2.85. The zero-order valence-corrected chi connectivity index (χ0v) is 12.2. The van der Waals surface area contributed by atoms with E-state index in [0.29, 0.717) is 13.0 Å². The molecule has 1 unspecified atom stereocenters. The molecule has 0 saturated heterocycles. The Hall–Kier alpha value is -2.13. The SMILES string of the molecule is CC(CCN)C(=O)Nc1ccc2c(c1)Cc1ccccc1-2. The highest BCUT2D eigenvalue weighted by Crippen LogP contribution is 2.37. The van der Waals surface area contributed by atoms with Gasteiger partial charge in [-0.1, -0.05) is 37.3 Å². The van der Waals surface area contributed by atoms with Crippen molar-refractivity contribution in [3.8, 4) is 11.1 Å². The molecule has 1 amide bonds. The summed E-state index contributed by atoms with van der Waals surface area (Å²) in [5.41, 5.74) is 11.6. The Morgan fingerprint density at radius 1 is 1.19 bits per heavy atom.